The number of carboxylic acids is 1. The van der Waals surface area contributed by atoms with Gasteiger partial charge in [-0.15, -0.1) is 0 Å². The summed E-state index contributed by atoms with van der Waals surface area (Å²) in [5.74, 6) is 0.389. The van der Waals surface area contributed by atoms with Crippen molar-refractivity contribution in [2.75, 3.05) is 13.1 Å². The number of amides is 2. The topological polar surface area (TPSA) is 78.9 Å². The average Bonchev–Trinajstić information content (AvgIpc) is 2.69. The SMILES string of the molecule is CC(NC(=O)N1CCC(C(=O)O)CC1)c1ccc(Oc2ccccc2)cc1. The second-order valence-corrected chi connectivity index (χ2v) is 6.75. The Morgan fingerprint density at radius 2 is 1.63 bits per heavy atom. The molecule has 0 aromatic heterocycles. The summed E-state index contributed by atoms with van der Waals surface area (Å²) in [6, 6.07) is 16.9. The normalized spacial score (nSPS) is 15.8. The molecule has 3 rings (SSSR count). The van der Waals surface area contributed by atoms with Gasteiger partial charge in [-0.3, -0.25) is 4.79 Å². The van der Waals surface area contributed by atoms with Crippen molar-refractivity contribution in [2.45, 2.75) is 25.8 Å². The molecule has 1 heterocycles. The Hall–Kier alpha value is -3.02. The molecule has 2 aromatic rings. The highest BCUT2D eigenvalue weighted by Gasteiger charge is 2.27. The van der Waals surface area contributed by atoms with Crippen molar-refractivity contribution >= 4 is 12.0 Å². The number of hydrogen-bond acceptors (Lipinski definition) is 3. The lowest BCUT2D eigenvalue weighted by Crippen LogP contribution is -2.46. The fourth-order valence-corrected chi connectivity index (χ4v) is 3.14. The Labute approximate surface area is 158 Å². The number of rotatable bonds is 5. The number of para-hydroxylation sites is 1. The number of nitrogens with zero attached hydrogens (tertiary/aromatic N) is 1. The van der Waals surface area contributed by atoms with E-state index in [1.54, 1.807) is 4.90 Å². The van der Waals surface area contributed by atoms with Crippen LogP contribution in [-0.4, -0.2) is 35.1 Å². The van der Waals surface area contributed by atoms with Crippen LogP contribution in [-0.2, 0) is 4.79 Å². The van der Waals surface area contributed by atoms with Gasteiger partial charge in [-0.2, -0.15) is 0 Å². The quantitative estimate of drug-likeness (QED) is 0.835. The molecule has 0 spiro atoms. The number of aliphatic carboxylic acids is 1. The lowest BCUT2D eigenvalue weighted by atomic mass is 9.97. The fraction of sp³-hybridized carbons (Fsp3) is 0.333. The third-order valence-electron chi connectivity index (χ3n) is 4.83. The molecule has 0 radical (unpaired) electrons. The van der Waals surface area contributed by atoms with Gasteiger partial charge in [0.15, 0.2) is 0 Å². The van der Waals surface area contributed by atoms with Crippen molar-refractivity contribution in [3.8, 4) is 11.5 Å². The van der Waals surface area contributed by atoms with Crippen LogP contribution < -0.4 is 10.1 Å². The fourth-order valence-electron chi connectivity index (χ4n) is 3.14. The second kappa shape index (κ2) is 8.58. The van der Waals surface area contributed by atoms with Gasteiger partial charge in [0.25, 0.3) is 0 Å². The summed E-state index contributed by atoms with van der Waals surface area (Å²) in [4.78, 5) is 25.1. The Morgan fingerprint density at radius 3 is 2.22 bits per heavy atom. The van der Waals surface area contributed by atoms with Crippen molar-refractivity contribution < 1.29 is 19.4 Å². The van der Waals surface area contributed by atoms with Crippen LogP contribution >= 0.6 is 0 Å². The molecule has 2 N–H and O–H groups in total. The average molecular weight is 368 g/mol. The van der Waals surface area contributed by atoms with Crippen LogP contribution in [0.2, 0.25) is 0 Å². The zero-order chi connectivity index (χ0) is 19.2. The largest absolute Gasteiger partial charge is 0.481 e. The molecule has 1 fully saturated rings. The lowest BCUT2D eigenvalue weighted by Gasteiger charge is -2.31. The van der Waals surface area contributed by atoms with Gasteiger partial charge in [0, 0.05) is 13.1 Å². The van der Waals surface area contributed by atoms with Crippen LogP contribution in [0, 0.1) is 5.92 Å². The highest BCUT2D eigenvalue weighted by molar-refractivity contribution is 5.75. The molecule has 1 aliphatic heterocycles. The third-order valence-corrected chi connectivity index (χ3v) is 4.83. The van der Waals surface area contributed by atoms with Gasteiger partial charge in [-0.1, -0.05) is 30.3 Å². The van der Waals surface area contributed by atoms with E-state index >= 15 is 0 Å². The van der Waals surface area contributed by atoms with E-state index in [0.29, 0.717) is 25.9 Å². The molecule has 27 heavy (non-hydrogen) atoms. The molecule has 142 valence electrons. The van der Waals surface area contributed by atoms with Gasteiger partial charge < -0.3 is 20.1 Å². The molecule has 0 aliphatic carbocycles. The molecule has 1 atom stereocenters. The standard InChI is InChI=1S/C21H24N2O4/c1-15(22-21(26)23-13-11-17(12-14-23)20(24)25)16-7-9-19(10-8-16)27-18-5-3-2-4-6-18/h2-10,15,17H,11-14H2,1H3,(H,22,26)(H,24,25). The number of carboxylic acid groups (broad SMARTS) is 1. The van der Waals surface area contributed by atoms with Crippen LogP contribution in [0.1, 0.15) is 31.4 Å². The first-order chi connectivity index (χ1) is 13.0. The maximum absolute atomic E-state index is 12.4. The van der Waals surface area contributed by atoms with Gasteiger partial charge in [-0.25, -0.2) is 4.79 Å². The van der Waals surface area contributed by atoms with Crippen LogP contribution in [0.25, 0.3) is 0 Å². The molecular weight excluding hydrogens is 344 g/mol. The van der Waals surface area contributed by atoms with Gasteiger partial charge in [0.2, 0.25) is 0 Å². The molecule has 1 saturated heterocycles. The molecule has 6 heteroatoms. The summed E-state index contributed by atoms with van der Waals surface area (Å²) < 4.78 is 5.78. The van der Waals surface area contributed by atoms with E-state index in [0.717, 1.165) is 17.1 Å². The smallest absolute Gasteiger partial charge is 0.317 e. The molecule has 2 aromatic carbocycles. The minimum atomic E-state index is -0.777. The van der Waals surface area contributed by atoms with E-state index in [1.807, 2.05) is 61.5 Å². The Morgan fingerprint density at radius 1 is 1.04 bits per heavy atom. The number of likely N-dealkylation sites (tertiary alicyclic amines) is 1. The maximum Gasteiger partial charge on any atom is 0.317 e. The lowest BCUT2D eigenvalue weighted by molar-refractivity contribution is -0.143. The number of ether oxygens (including phenoxy) is 1. The summed E-state index contributed by atoms with van der Waals surface area (Å²) >= 11 is 0. The van der Waals surface area contributed by atoms with Crippen LogP contribution in [0.4, 0.5) is 4.79 Å². The maximum atomic E-state index is 12.4. The van der Waals surface area contributed by atoms with Crippen molar-refractivity contribution in [1.82, 2.24) is 10.2 Å². The summed E-state index contributed by atoms with van der Waals surface area (Å²) in [6.45, 7) is 2.87. The first-order valence-corrected chi connectivity index (χ1v) is 9.14. The Bertz CT molecular complexity index is 769. The van der Waals surface area contributed by atoms with Crippen molar-refractivity contribution in [2.24, 2.45) is 5.92 Å². The van der Waals surface area contributed by atoms with Gasteiger partial charge in [-0.05, 0) is 49.6 Å². The number of hydrogen-bond donors (Lipinski definition) is 2. The molecular formula is C21H24N2O4. The number of piperidine rings is 1. The van der Waals surface area contributed by atoms with E-state index in [2.05, 4.69) is 5.32 Å². The number of urea groups is 1. The first-order valence-electron chi connectivity index (χ1n) is 9.14. The molecule has 1 unspecified atom stereocenters. The van der Waals surface area contributed by atoms with E-state index in [4.69, 9.17) is 9.84 Å². The third kappa shape index (κ3) is 5.00. The number of benzene rings is 2. The van der Waals surface area contributed by atoms with E-state index < -0.39 is 5.97 Å². The molecule has 2 amide bonds. The first kappa shape index (κ1) is 18.8. The summed E-state index contributed by atoms with van der Waals surface area (Å²) in [6.07, 6.45) is 1.01. The zero-order valence-electron chi connectivity index (χ0n) is 15.3. The van der Waals surface area contributed by atoms with Gasteiger partial charge in [0.1, 0.15) is 11.5 Å². The minimum absolute atomic E-state index is 0.152. The van der Waals surface area contributed by atoms with Gasteiger partial charge in [0.05, 0.1) is 12.0 Å². The highest BCUT2D eigenvalue weighted by Crippen LogP contribution is 2.23. The Kier molecular flexibility index (Phi) is 5.96. The van der Waals surface area contributed by atoms with E-state index in [9.17, 15) is 9.59 Å². The minimum Gasteiger partial charge on any atom is -0.481 e. The zero-order valence-corrected chi connectivity index (χ0v) is 15.3. The molecule has 0 bridgehead atoms. The predicted molar refractivity (Wildman–Crippen MR) is 102 cm³/mol. The number of carbonyl (C=O) groups is 2. The van der Waals surface area contributed by atoms with Crippen LogP contribution in [0.15, 0.2) is 54.6 Å². The van der Waals surface area contributed by atoms with Crippen LogP contribution in [0.3, 0.4) is 0 Å². The summed E-state index contributed by atoms with van der Waals surface area (Å²) in [5.41, 5.74) is 0.976. The second-order valence-electron chi connectivity index (χ2n) is 6.75. The van der Waals surface area contributed by atoms with Gasteiger partial charge >= 0.3 is 12.0 Å². The highest BCUT2D eigenvalue weighted by atomic mass is 16.5. The molecule has 0 saturated carbocycles. The van der Waals surface area contributed by atoms with E-state index in [1.165, 1.54) is 0 Å². The summed E-state index contributed by atoms with van der Waals surface area (Å²) in [5, 5.41) is 12.0. The molecule has 6 nitrogen and oxygen atoms in total. The monoisotopic (exact) mass is 368 g/mol. The van der Waals surface area contributed by atoms with Crippen molar-refractivity contribution in [1.29, 1.82) is 0 Å². The molecule has 1 aliphatic rings. The van der Waals surface area contributed by atoms with Crippen molar-refractivity contribution in [3.05, 3.63) is 60.2 Å². The van der Waals surface area contributed by atoms with Crippen molar-refractivity contribution in [3.63, 3.8) is 0 Å². The summed E-state index contributed by atoms with van der Waals surface area (Å²) in [7, 11) is 0. The van der Waals surface area contributed by atoms with E-state index in [-0.39, 0.29) is 18.0 Å². The number of carbonyl (C=O) groups excluding carboxylic acids is 1. The van der Waals surface area contributed by atoms with Crippen LogP contribution in [0.5, 0.6) is 11.5 Å². The number of nitrogens with one attached hydrogen (secondary N) is 1. The predicted octanol–water partition coefficient (Wildman–Crippen LogP) is 4.05. The Balaban J connectivity index is 1.52.